The molecule has 3 N–H and O–H groups in total. The maximum atomic E-state index is 12.0. The molecule has 0 aliphatic carbocycles. The van der Waals surface area contributed by atoms with Gasteiger partial charge in [-0.2, -0.15) is 0 Å². The number of nitrogens with zero attached hydrogens (tertiary/aromatic N) is 1. The van der Waals surface area contributed by atoms with Crippen LogP contribution in [0.2, 0.25) is 5.02 Å². The fourth-order valence-electron chi connectivity index (χ4n) is 2.18. The number of benzene rings is 1. The van der Waals surface area contributed by atoms with Crippen molar-refractivity contribution in [3.05, 3.63) is 23.2 Å². The highest BCUT2D eigenvalue weighted by Gasteiger charge is 2.21. The number of methoxy groups -OCH3 is 1. The summed E-state index contributed by atoms with van der Waals surface area (Å²) in [7, 11) is 1.55. The van der Waals surface area contributed by atoms with E-state index >= 15 is 0 Å². The van der Waals surface area contributed by atoms with Crippen LogP contribution in [0.5, 0.6) is 5.75 Å². The first-order valence-electron chi connectivity index (χ1n) is 6.20. The Balaban J connectivity index is 1.96. The van der Waals surface area contributed by atoms with Gasteiger partial charge in [-0.05, 0) is 24.6 Å². The molecule has 1 fully saturated rings. The van der Waals surface area contributed by atoms with Crippen molar-refractivity contribution in [2.24, 2.45) is 5.73 Å². The van der Waals surface area contributed by atoms with Crippen LogP contribution in [0.15, 0.2) is 18.2 Å². The normalized spacial score (nSPS) is 19.4. The van der Waals surface area contributed by atoms with Gasteiger partial charge in [0.05, 0.1) is 19.3 Å². The van der Waals surface area contributed by atoms with Gasteiger partial charge in [0.15, 0.2) is 0 Å². The van der Waals surface area contributed by atoms with E-state index in [1.54, 1.807) is 25.3 Å². The summed E-state index contributed by atoms with van der Waals surface area (Å²) >= 11 is 5.91. The third kappa shape index (κ3) is 3.83. The topological polar surface area (TPSA) is 67.6 Å². The van der Waals surface area contributed by atoms with Crippen molar-refractivity contribution >= 4 is 23.2 Å². The van der Waals surface area contributed by atoms with Crippen molar-refractivity contribution in [1.82, 2.24) is 4.90 Å². The van der Waals surface area contributed by atoms with Crippen LogP contribution >= 0.6 is 11.6 Å². The lowest BCUT2D eigenvalue weighted by molar-refractivity contribution is -0.117. The number of carbonyl (C=O) groups excluding carboxylic acids is 1. The highest BCUT2D eigenvalue weighted by atomic mass is 35.5. The Bertz CT molecular complexity index is 467. The molecule has 104 valence electrons. The SMILES string of the molecule is COc1ccc(Cl)cc1NC(=O)CN1CC[C@@H](N)C1. The van der Waals surface area contributed by atoms with E-state index in [9.17, 15) is 4.79 Å². The van der Waals surface area contributed by atoms with Crippen molar-refractivity contribution < 1.29 is 9.53 Å². The molecule has 1 heterocycles. The minimum atomic E-state index is -0.0883. The van der Waals surface area contributed by atoms with Gasteiger partial charge in [-0.1, -0.05) is 11.6 Å². The number of hydrogen-bond donors (Lipinski definition) is 2. The molecule has 0 saturated carbocycles. The molecule has 5 nitrogen and oxygen atoms in total. The van der Waals surface area contributed by atoms with E-state index in [4.69, 9.17) is 22.1 Å². The number of nitrogens with two attached hydrogens (primary N) is 1. The standard InChI is InChI=1S/C13H18ClN3O2/c1-19-12-3-2-9(14)6-11(12)16-13(18)8-17-5-4-10(15)7-17/h2-3,6,10H,4-5,7-8,15H2,1H3,(H,16,18)/t10-/m1/s1. The molecule has 2 rings (SSSR count). The molecule has 1 aromatic carbocycles. The van der Waals surface area contributed by atoms with Crippen LogP contribution in [-0.2, 0) is 4.79 Å². The number of rotatable bonds is 4. The quantitative estimate of drug-likeness (QED) is 0.875. The van der Waals surface area contributed by atoms with Crippen molar-refractivity contribution in [3.8, 4) is 5.75 Å². The molecule has 0 bridgehead atoms. The maximum absolute atomic E-state index is 12.0. The maximum Gasteiger partial charge on any atom is 0.238 e. The summed E-state index contributed by atoms with van der Waals surface area (Å²) in [6, 6.07) is 5.29. The molecule has 1 atom stereocenters. The van der Waals surface area contributed by atoms with Crippen LogP contribution in [0.25, 0.3) is 0 Å². The van der Waals surface area contributed by atoms with E-state index in [0.29, 0.717) is 23.0 Å². The third-order valence-electron chi connectivity index (χ3n) is 3.11. The van der Waals surface area contributed by atoms with E-state index in [1.807, 2.05) is 4.90 Å². The van der Waals surface area contributed by atoms with Crippen molar-refractivity contribution in [1.29, 1.82) is 0 Å². The summed E-state index contributed by atoms with van der Waals surface area (Å²) in [5, 5.41) is 3.37. The molecule has 0 aromatic heterocycles. The Morgan fingerprint density at radius 2 is 2.42 bits per heavy atom. The number of ether oxygens (including phenoxy) is 1. The highest BCUT2D eigenvalue weighted by molar-refractivity contribution is 6.31. The Hall–Kier alpha value is -1.30. The molecule has 1 amide bonds. The molecule has 19 heavy (non-hydrogen) atoms. The third-order valence-corrected chi connectivity index (χ3v) is 3.35. The summed E-state index contributed by atoms with van der Waals surface area (Å²) < 4.78 is 5.18. The summed E-state index contributed by atoms with van der Waals surface area (Å²) in [6.07, 6.45) is 0.938. The predicted octanol–water partition coefficient (Wildman–Crippen LogP) is 1.32. The van der Waals surface area contributed by atoms with Crippen LogP contribution in [-0.4, -0.2) is 43.6 Å². The average Bonchev–Trinajstić information content (AvgIpc) is 2.75. The summed E-state index contributed by atoms with van der Waals surface area (Å²) in [6.45, 7) is 1.96. The Labute approximate surface area is 117 Å². The van der Waals surface area contributed by atoms with Gasteiger partial charge in [0.1, 0.15) is 5.75 Å². The van der Waals surface area contributed by atoms with E-state index in [-0.39, 0.29) is 11.9 Å². The van der Waals surface area contributed by atoms with E-state index < -0.39 is 0 Å². The first kappa shape index (κ1) is 14.1. The zero-order valence-corrected chi connectivity index (χ0v) is 11.6. The molecule has 0 spiro atoms. The van der Waals surface area contributed by atoms with Crippen molar-refractivity contribution in [2.75, 3.05) is 32.1 Å². The number of hydrogen-bond acceptors (Lipinski definition) is 4. The number of anilines is 1. The monoisotopic (exact) mass is 283 g/mol. The predicted molar refractivity (Wildman–Crippen MR) is 75.7 cm³/mol. The van der Waals surface area contributed by atoms with E-state index in [2.05, 4.69) is 5.32 Å². The Morgan fingerprint density at radius 1 is 1.63 bits per heavy atom. The number of amides is 1. The number of likely N-dealkylation sites (tertiary alicyclic amines) is 1. The second-order valence-corrected chi connectivity index (χ2v) is 5.11. The van der Waals surface area contributed by atoms with Gasteiger partial charge in [0, 0.05) is 24.2 Å². The second-order valence-electron chi connectivity index (χ2n) is 4.68. The molecule has 0 unspecified atom stereocenters. The van der Waals surface area contributed by atoms with Gasteiger partial charge in [-0.25, -0.2) is 0 Å². The van der Waals surface area contributed by atoms with Gasteiger partial charge in [0.25, 0.3) is 0 Å². The largest absolute Gasteiger partial charge is 0.495 e. The van der Waals surface area contributed by atoms with Crippen molar-refractivity contribution in [2.45, 2.75) is 12.5 Å². The zero-order chi connectivity index (χ0) is 13.8. The van der Waals surface area contributed by atoms with E-state index in [0.717, 1.165) is 19.5 Å². The summed E-state index contributed by atoms with van der Waals surface area (Å²) in [5.74, 6) is 0.505. The molecule has 1 aromatic rings. The van der Waals surface area contributed by atoms with Gasteiger partial charge in [-0.3, -0.25) is 9.69 Å². The van der Waals surface area contributed by atoms with Gasteiger partial charge < -0.3 is 15.8 Å². The molecular weight excluding hydrogens is 266 g/mol. The fraction of sp³-hybridized carbons (Fsp3) is 0.462. The number of nitrogens with one attached hydrogen (secondary N) is 1. The molecule has 6 heteroatoms. The number of carbonyl (C=O) groups is 1. The zero-order valence-electron chi connectivity index (χ0n) is 10.9. The highest BCUT2D eigenvalue weighted by Crippen LogP contribution is 2.27. The fourth-order valence-corrected chi connectivity index (χ4v) is 2.35. The molecular formula is C13H18ClN3O2. The number of halogens is 1. The van der Waals surface area contributed by atoms with E-state index in [1.165, 1.54) is 0 Å². The first-order valence-corrected chi connectivity index (χ1v) is 6.57. The van der Waals surface area contributed by atoms with Crippen LogP contribution in [0.1, 0.15) is 6.42 Å². The van der Waals surface area contributed by atoms with Gasteiger partial charge in [0.2, 0.25) is 5.91 Å². The minimum Gasteiger partial charge on any atom is -0.495 e. The molecule has 0 radical (unpaired) electrons. The molecule has 1 aliphatic rings. The first-order chi connectivity index (χ1) is 9.08. The summed E-state index contributed by atoms with van der Waals surface area (Å²) in [5.41, 5.74) is 6.39. The molecule has 1 aliphatic heterocycles. The second kappa shape index (κ2) is 6.23. The minimum absolute atomic E-state index is 0.0883. The smallest absolute Gasteiger partial charge is 0.238 e. The van der Waals surface area contributed by atoms with Gasteiger partial charge in [-0.15, -0.1) is 0 Å². The van der Waals surface area contributed by atoms with Crippen molar-refractivity contribution in [3.63, 3.8) is 0 Å². The lowest BCUT2D eigenvalue weighted by Gasteiger charge is -2.16. The van der Waals surface area contributed by atoms with Gasteiger partial charge >= 0.3 is 0 Å². The Kier molecular flexibility index (Phi) is 4.63. The lowest BCUT2D eigenvalue weighted by atomic mass is 10.3. The van der Waals surface area contributed by atoms with Crippen LogP contribution < -0.4 is 15.8 Å². The lowest BCUT2D eigenvalue weighted by Crippen LogP contribution is -2.33. The summed E-state index contributed by atoms with van der Waals surface area (Å²) in [4.78, 5) is 14.0. The Morgan fingerprint density at radius 3 is 3.05 bits per heavy atom. The average molecular weight is 284 g/mol. The van der Waals surface area contributed by atoms with Crippen LogP contribution in [0, 0.1) is 0 Å². The van der Waals surface area contributed by atoms with Crippen LogP contribution in [0.4, 0.5) is 5.69 Å². The molecule has 1 saturated heterocycles. The van der Waals surface area contributed by atoms with Crippen LogP contribution in [0.3, 0.4) is 0 Å².